The van der Waals surface area contributed by atoms with Gasteiger partial charge < -0.3 is 14.6 Å². The number of ether oxygens (including phenoxy) is 2. The third-order valence-electron chi connectivity index (χ3n) is 2.51. The van der Waals surface area contributed by atoms with Crippen molar-refractivity contribution in [3.63, 3.8) is 0 Å². The van der Waals surface area contributed by atoms with Crippen molar-refractivity contribution in [3.05, 3.63) is 23.8 Å². The molecule has 0 amide bonds. The van der Waals surface area contributed by atoms with Crippen molar-refractivity contribution in [3.8, 4) is 5.75 Å². The van der Waals surface area contributed by atoms with Gasteiger partial charge in [-0.05, 0) is 25.1 Å². The Labute approximate surface area is 113 Å². The molecule has 0 aliphatic rings. The summed E-state index contributed by atoms with van der Waals surface area (Å²) in [5, 5.41) is 9.19. The second kappa shape index (κ2) is 6.85. The van der Waals surface area contributed by atoms with Gasteiger partial charge in [0, 0.05) is 18.7 Å². The summed E-state index contributed by atoms with van der Waals surface area (Å²) in [6.45, 7) is 1.69. The third kappa shape index (κ3) is 4.17. The summed E-state index contributed by atoms with van der Waals surface area (Å²) in [6.07, 6.45) is 0. The molecule has 0 saturated carbocycles. The lowest BCUT2D eigenvalue weighted by Crippen LogP contribution is -2.35. The summed E-state index contributed by atoms with van der Waals surface area (Å²) in [7, 11) is -0.674. The molecule has 1 aromatic rings. The van der Waals surface area contributed by atoms with Crippen LogP contribution in [-0.2, 0) is 21.4 Å². The molecule has 0 heterocycles. The zero-order valence-electron chi connectivity index (χ0n) is 11.2. The fourth-order valence-corrected chi connectivity index (χ4v) is 2.94. The molecule has 7 heteroatoms. The highest BCUT2D eigenvalue weighted by atomic mass is 32.2. The van der Waals surface area contributed by atoms with E-state index in [1.165, 1.54) is 32.4 Å². The smallest absolute Gasteiger partial charge is 0.240 e. The van der Waals surface area contributed by atoms with Gasteiger partial charge >= 0.3 is 0 Å². The van der Waals surface area contributed by atoms with Crippen LogP contribution in [0, 0.1) is 0 Å². The van der Waals surface area contributed by atoms with Crippen LogP contribution in [-0.4, -0.2) is 40.4 Å². The number of sulfonamides is 1. The van der Waals surface area contributed by atoms with E-state index >= 15 is 0 Å². The average Bonchev–Trinajstić information content (AvgIpc) is 2.37. The SMILES string of the molecule is COCC(C)NS(=O)(=O)c1ccc(OC)c(CO)c1. The predicted octanol–water partition coefficient (Wildman–Crippen LogP) is 0.501. The molecule has 1 rings (SSSR count). The first-order valence-electron chi connectivity index (χ1n) is 5.73. The molecule has 0 bridgehead atoms. The maximum atomic E-state index is 12.1. The lowest BCUT2D eigenvalue weighted by atomic mass is 10.2. The molecule has 0 fully saturated rings. The molecule has 108 valence electrons. The van der Waals surface area contributed by atoms with Crippen LogP contribution in [0.2, 0.25) is 0 Å². The van der Waals surface area contributed by atoms with E-state index < -0.39 is 10.0 Å². The molecule has 0 aliphatic heterocycles. The Morgan fingerprint density at radius 1 is 1.37 bits per heavy atom. The molecule has 0 aliphatic carbocycles. The van der Waals surface area contributed by atoms with Crippen LogP contribution >= 0.6 is 0 Å². The molecule has 1 aromatic carbocycles. The van der Waals surface area contributed by atoms with Gasteiger partial charge in [0.2, 0.25) is 10.0 Å². The Hall–Kier alpha value is -1.15. The number of methoxy groups -OCH3 is 2. The van der Waals surface area contributed by atoms with E-state index in [4.69, 9.17) is 9.47 Å². The molecular formula is C12H19NO5S. The number of rotatable bonds is 7. The number of benzene rings is 1. The molecule has 19 heavy (non-hydrogen) atoms. The zero-order chi connectivity index (χ0) is 14.5. The van der Waals surface area contributed by atoms with Crippen LogP contribution in [0.1, 0.15) is 12.5 Å². The Morgan fingerprint density at radius 2 is 2.05 bits per heavy atom. The number of aliphatic hydroxyl groups excluding tert-OH is 1. The Balaban J connectivity index is 3.01. The van der Waals surface area contributed by atoms with Gasteiger partial charge in [0.05, 0.1) is 25.2 Å². The molecule has 1 atom stereocenters. The van der Waals surface area contributed by atoms with Crippen molar-refractivity contribution in [2.24, 2.45) is 0 Å². The largest absolute Gasteiger partial charge is 0.496 e. The minimum atomic E-state index is -3.64. The number of hydrogen-bond donors (Lipinski definition) is 2. The van der Waals surface area contributed by atoms with E-state index in [1.807, 2.05) is 0 Å². The van der Waals surface area contributed by atoms with E-state index in [0.717, 1.165) is 0 Å². The zero-order valence-corrected chi connectivity index (χ0v) is 12.0. The number of hydrogen-bond acceptors (Lipinski definition) is 5. The normalized spacial score (nSPS) is 13.3. The third-order valence-corrected chi connectivity index (χ3v) is 4.09. The fraction of sp³-hybridized carbons (Fsp3) is 0.500. The highest BCUT2D eigenvalue weighted by molar-refractivity contribution is 7.89. The molecule has 1 unspecified atom stereocenters. The van der Waals surface area contributed by atoms with Gasteiger partial charge in [0.15, 0.2) is 0 Å². The monoisotopic (exact) mass is 289 g/mol. The summed E-state index contributed by atoms with van der Waals surface area (Å²) in [6, 6.07) is 4.00. The summed E-state index contributed by atoms with van der Waals surface area (Å²) in [5.41, 5.74) is 0.421. The maximum Gasteiger partial charge on any atom is 0.240 e. The highest BCUT2D eigenvalue weighted by Crippen LogP contribution is 2.22. The van der Waals surface area contributed by atoms with Crippen LogP contribution in [0.25, 0.3) is 0 Å². The summed E-state index contributed by atoms with van der Waals surface area (Å²) in [4.78, 5) is 0.0836. The summed E-state index contributed by atoms with van der Waals surface area (Å²) in [5.74, 6) is 0.450. The van der Waals surface area contributed by atoms with Gasteiger partial charge in [-0.25, -0.2) is 13.1 Å². The fourth-order valence-electron chi connectivity index (χ4n) is 1.66. The van der Waals surface area contributed by atoms with Gasteiger partial charge in [0.25, 0.3) is 0 Å². The van der Waals surface area contributed by atoms with Crippen molar-refractivity contribution in [2.75, 3.05) is 20.8 Å². The maximum absolute atomic E-state index is 12.1. The van der Waals surface area contributed by atoms with Gasteiger partial charge in [-0.3, -0.25) is 0 Å². The van der Waals surface area contributed by atoms with Crippen LogP contribution in [0.4, 0.5) is 0 Å². The van der Waals surface area contributed by atoms with E-state index in [0.29, 0.717) is 11.3 Å². The summed E-state index contributed by atoms with van der Waals surface area (Å²) < 4.78 is 36.6. The second-order valence-corrected chi connectivity index (χ2v) is 5.82. The molecule has 0 saturated heterocycles. The van der Waals surface area contributed by atoms with Gasteiger partial charge in [0.1, 0.15) is 5.75 Å². The first kappa shape index (κ1) is 15.9. The van der Waals surface area contributed by atoms with E-state index in [2.05, 4.69) is 4.72 Å². The average molecular weight is 289 g/mol. The molecule has 6 nitrogen and oxygen atoms in total. The van der Waals surface area contributed by atoms with Gasteiger partial charge in [-0.2, -0.15) is 0 Å². The van der Waals surface area contributed by atoms with Crippen LogP contribution < -0.4 is 9.46 Å². The number of aliphatic hydroxyl groups is 1. The van der Waals surface area contributed by atoms with Crippen LogP contribution in [0.5, 0.6) is 5.75 Å². The van der Waals surface area contributed by atoms with Crippen molar-refractivity contribution < 1.29 is 23.0 Å². The van der Waals surface area contributed by atoms with Gasteiger partial charge in [-0.1, -0.05) is 0 Å². The van der Waals surface area contributed by atoms with E-state index in [9.17, 15) is 13.5 Å². The lowest BCUT2D eigenvalue weighted by Gasteiger charge is -2.14. The standard InChI is InChI=1S/C12H19NO5S/c1-9(8-17-2)13-19(15,16)11-4-5-12(18-3)10(6-11)7-14/h4-6,9,13-14H,7-8H2,1-3H3. The predicted molar refractivity (Wildman–Crippen MR) is 70.6 cm³/mol. The van der Waals surface area contributed by atoms with Crippen molar-refractivity contribution >= 4 is 10.0 Å². The van der Waals surface area contributed by atoms with E-state index in [-0.39, 0.29) is 24.2 Å². The Morgan fingerprint density at radius 3 is 2.58 bits per heavy atom. The molecule has 0 radical (unpaired) electrons. The molecule has 0 spiro atoms. The van der Waals surface area contributed by atoms with Crippen LogP contribution in [0.3, 0.4) is 0 Å². The molecule has 2 N–H and O–H groups in total. The lowest BCUT2D eigenvalue weighted by molar-refractivity contribution is 0.180. The number of nitrogens with one attached hydrogen (secondary N) is 1. The minimum Gasteiger partial charge on any atom is -0.496 e. The van der Waals surface area contributed by atoms with Crippen LogP contribution in [0.15, 0.2) is 23.1 Å². The molecule has 0 aromatic heterocycles. The minimum absolute atomic E-state index is 0.0836. The highest BCUT2D eigenvalue weighted by Gasteiger charge is 2.18. The van der Waals surface area contributed by atoms with Crippen molar-refractivity contribution in [1.29, 1.82) is 0 Å². The Kier molecular flexibility index (Phi) is 5.74. The quantitative estimate of drug-likeness (QED) is 0.763. The molecular weight excluding hydrogens is 270 g/mol. The van der Waals surface area contributed by atoms with Crippen molar-refractivity contribution in [2.45, 2.75) is 24.5 Å². The summed E-state index contributed by atoms with van der Waals surface area (Å²) >= 11 is 0. The first-order chi connectivity index (χ1) is 8.94. The topological polar surface area (TPSA) is 84.9 Å². The second-order valence-electron chi connectivity index (χ2n) is 4.11. The van der Waals surface area contributed by atoms with Crippen molar-refractivity contribution in [1.82, 2.24) is 4.72 Å². The van der Waals surface area contributed by atoms with E-state index in [1.54, 1.807) is 6.92 Å². The van der Waals surface area contributed by atoms with Gasteiger partial charge in [-0.15, -0.1) is 0 Å². The first-order valence-corrected chi connectivity index (χ1v) is 7.22. The Bertz CT molecular complexity index is 515.